The van der Waals surface area contributed by atoms with Crippen LogP contribution in [-0.2, 0) is 9.59 Å². The summed E-state index contributed by atoms with van der Waals surface area (Å²) in [5.41, 5.74) is 3.64. The molecule has 0 aromatic heterocycles. The summed E-state index contributed by atoms with van der Waals surface area (Å²) < 4.78 is 0. The Morgan fingerprint density at radius 3 is 2.44 bits per heavy atom. The minimum Gasteiger partial charge on any atom is -0.368 e. The summed E-state index contributed by atoms with van der Waals surface area (Å²) >= 11 is 0. The van der Waals surface area contributed by atoms with E-state index in [1.54, 1.807) is 13.8 Å². The van der Waals surface area contributed by atoms with Crippen molar-refractivity contribution in [1.82, 2.24) is 10.6 Å². The molecule has 0 aliphatic carbocycles. The summed E-state index contributed by atoms with van der Waals surface area (Å²) in [6.45, 7) is 5.92. The molecule has 1 rings (SSSR count). The zero-order valence-electron chi connectivity index (χ0n) is 10.2. The van der Waals surface area contributed by atoms with Crippen LogP contribution < -0.4 is 16.4 Å². The molecule has 0 aromatic rings. The second-order valence-electron chi connectivity index (χ2n) is 5.16. The van der Waals surface area contributed by atoms with Crippen LogP contribution in [0, 0.1) is 0 Å². The molecule has 2 amide bonds. The predicted molar refractivity (Wildman–Crippen MR) is 61.7 cm³/mol. The van der Waals surface area contributed by atoms with E-state index in [9.17, 15) is 9.59 Å². The van der Waals surface area contributed by atoms with E-state index < -0.39 is 17.0 Å². The van der Waals surface area contributed by atoms with Gasteiger partial charge in [0.1, 0.15) is 5.54 Å². The number of amides is 2. The van der Waals surface area contributed by atoms with Crippen LogP contribution in [0.1, 0.15) is 40.0 Å². The van der Waals surface area contributed by atoms with Gasteiger partial charge >= 0.3 is 0 Å². The van der Waals surface area contributed by atoms with Gasteiger partial charge in [-0.05, 0) is 46.6 Å². The van der Waals surface area contributed by atoms with E-state index in [2.05, 4.69) is 10.6 Å². The highest BCUT2D eigenvalue weighted by molar-refractivity contribution is 5.93. The monoisotopic (exact) mass is 227 g/mol. The Morgan fingerprint density at radius 2 is 2.00 bits per heavy atom. The minimum absolute atomic E-state index is 0.156. The van der Waals surface area contributed by atoms with Gasteiger partial charge in [0, 0.05) is 0 Å². The molecule has 1 fully saturated rings. The third kappa shape index (κ3) is 2.72. The first-order valence-electron chi connectivity index (χ1n) is 5.65. The Morgan fingerprint density at radius 1 is 1.38 bits per heavy atom. The fourth-order valence-corrected chi connectivity index (χ4v) is 1.73. The van der Waals surface area contributed by atoms with Crippen molar-refractivity contribution >= 4 is 11.8 Å². The van der Waals surface area contributed by atoms with Gasteiger partial charge in [0.05, 0.1) is 5.54 Å². The van der Waals surface area contributed by atoms with Gasteiger partial charge in [-0.2, -0.15) is 0 Å². The van der Waals surface area contributed by atoms with Crippen molar-refractivity contribution in [3.8, 4) is 0 Å². The number of nitrogens with one attached hydrogen (secondary N) is 2. The predicted octanol–water partition coefficient (Wildman–Crippen LogP) is -0.101. The van der Waals surface area contributed by atoms with Crippen LogP contribution in [0.2, 0.25) is 0 Å². The topological polar surface area (TPSA) is 84.2 Å². The summed E-state index contributed by atoms with van der Waals surface area (Å²) in [7, 11) is 0. The lowest BCUT2D eigenvalue weighted by Crippen LogP contribution is -2.63. The Labute approximate surface area is 96.1 Å². The van der Waals surface area contributed by atoms with Gasteiger partial charge in [0.15, 0.2) is 0 Å². The van der Waals surface area contributed by atoms with E-state index in [-0.39, 0.29) is 5.91 Å². The highest BCUT2D eigenvalue weighted by Crippen LogP contribution is 2.19. The maximum absolute atomic E-state index is 12.1. The average molecular weight is 227 g/mol. The SMILES string of the molecule is CC(C)(NC(=O)C1(C)CCCCN1)C(N)=O. The fourth-order valence-electron chi connectivity index (χ4n) is 1.73. The van der Waals surface area contributed by atoms with Crippen LogP contribution in [-0.4, -0.2) is 29.4 Å². The minimum atomic E-state index is -1.00. The maximum atomic E-state index is 12.1. The number of hydrogen-bond donors (Lipinski definition) is 3. The van der Waals surface area contributed by atoms with Gasteiger partial charge in [0.25, 0.3) is 0 Å². The first-order valence-corrected chi connectivity index (χ1v) is 5.65. The molecule has 5 heteroatoms. The summed E-state index contributed by atoms with van der Waals surface area (Å²) in [4.78, 5) is 23.2. The molecule has 0 radical (unpaired) electrons. The molecule has 1 saturated heterocycles. The van der Waals surface area contributed by atoms with Gasteiger partial charge in [0.2, 0.25) is 11.8 Å². The first kappa shape index (κ1) is 13.0. The number of carbonyl (C=O) groups excluding carboxylic acids is 2. The van der Waals surface area contributed by atoms with Crippen molar-refractivity contribution in [2.24, 2.45) is 5.73 Å². The van der Waals surface area contributed by atoms with Crippen LogP contribution in [0.4, 0.5) is 0 Å². The van der Waals surface area contributed by atoms with E-state index in [0.29, 0.717) is 0 Å². The van der Waals surface area contributed by atoms with Crippen LogP contribution in [0.25, 0.3) is 0 Å². The van der Waals surface area contributed by atoms with E-state index in [4.69, 9.17) is 5.73 Å². The normalized spacial score (nSPS) is 26.2. The summed E-state index contributed by atoms with van der Waals surface area (Å²) in [6.07, 6.45) is 2.89. The van der Waals surface area contributed by atoms with Crippen molar-refractivity contribution in [3.63, 3.8) is 0 Å². The number of carbonyl (C=O) groups is 2. The number of hydrogen-bond acceptors (Lipinski definition) is 3. The molecular weight excluding hydrogens is 206 g/mol. The van der Waals surface area contributed by atoms with Crippen molar-refractivity contribution < 1.29 is 9.59 Å². The Bertz CT molecular complexity index is 294. The summed E-state index contributed by atoms with van der Waals surface area (Å²) in [6, 6.07) is 0. The van der Waals surface area contributed by atoms with E-state index in [1.165, 1.54) is 0 Å². The molecule has 16 heavy (non-hydrogen) atoms. The van der Waals surface area contributed by atoms with Crippen LogP contribution in [0.5, 0.6) is 0 Å². The zero-order chi connectivity index (χ0) is 12.4. The van der Waals surface area contributed by atoms with Gasteiger partial charge in [-0.15, -0.1) is 0 Å². The molecule has 0 bridgehead atoms. The second kappa shape index (κ2) is 4.41. The fraction of sp³-hybridized carbons (Fsp3) is 0.818. The molecule has 0 aromatic carbocycles. The molecule has 1 unspecified atom stereocenters. The lowest BCUT2D eigenvalue weighted by molar-refractivity contribution is -0.134. The lowest BCUT2D eigenvalue weighted by atomic mass is 9.89. The van der Waals surface area contributed by atoms with Crippen molar-refractivity contribution in [1.29, 1.82) is 0 Å². The molecule has 1 aliphatic heterocycles. The van der Waals surface area contributed by atoms with Crippen LogP contribution >= 0.6 is 0 Å². The van der Waals surface area contributed by atoms with E-state index in [1.807, 2.05) is 6.92 Å². The van der Waals surface area contributed by atoms with E-state index >= 15 is 0 Å². The number of primary amides is 1. The molecule has 1 aliphatic rings. The maximum Gasteiger partial charge on any atom is 0.242 e. The highest BCUT2D eigenvalue weighted by atomic mass is 16.2. The van der Waals surface area contributed by atoms with Gasteiger partial charge in [-0.1, -0.05) is 0 Å². The molecule has 92 valence electrons. The number of nitrogens with two attached hydrogens (primary N) is 1. The van der Waals surface area contributed by atoms with Gasteiger partial charge in [-0.25, -0.2) is 0 Å². The highest BCUT2D eigenvalue weighted by Gasteiger charge is 2.38. The van der Waals surface area contributed by atoms with Crippen molar-refractivity contribution in [2.45, 2.75) is 51.1 Å². The van der Waals surface area contributed by atoms with E-state index in [0.717, 1.165) is 25.8 Å². The molecule has 0 spiro atoms. The van der Waals surface area contributed by atoms with Crippen LogP contribution in [0.15, 0.2) is 0 Å². The Kier molecular flexibility index (Phi) is 3.57. The van der Waals surface area contributed by atoms with Crippen molar-refractivity contribution in [3.05, 3.63) is 0 Å². The number of rotatable bonds is 3. The molecule has 0 saturated carbocycles. The number of piperidine rings is 1. The third-order valence-corrected chi connectivity index (χ3v) is 3.16. The molecule has 4 N–H and O–H groups in total. The first-order chi connectivity index (χ1) is 7.28. The molecule has 5 nitrogen and oxygen atoms in total. The quantitative estimate of drug-likeness (QED) is 0.629. The molecule has 1 atom stereocenters. The summed E-state index contributed by atoms with van der Waals surface area (Å²) in [5, 5.41) is 5.88. The Balaban J connectivity index is 2.67. The smallest absolute Gasteiger partial charge is 0.242 e. The zero-order valence-corrected chi connectivity index (χ0v) is 10.2. The third-order valence-electron chi connectivity index (χ3n) is 3.16. The molecule has 1 heterocycles. The van der Waals surface area contributed by atoms with Crippen LogP contribution in [0.3, 0.4) is 0 Å². The Hall–Kier alpha value is -1.10. The second-order valence-corrected chi connectivity index (χ2v) is 5.16. The van der Waals surface area contributed by atoms with Gasteiger partial charge < -0.3 is 16.4 Å². The summed E-state index contributed by atoms with van der Waals surface area (Å²) in [5.74, 6) is -0.684. The standard InChI is InChI=1S/C11H21N3O2/c1-10(2,8(12)15)14-9(16)11(3)6-4-5-7-13-11/h13H,4-7H2,1-3H3,(H2,12,15)(H,14,16). The van der Waals surface area contributed by atoms with Gasteiger partial charge in [-0.3, -0.25) is 9.59 Å². The average Bonchev–Trinajstić information content (AvgIpc) is 2.18. The lowest BCUT2D eigenvalue weighted by Gasteiger charge is -2.36. The van der Waals surface area contributed by atoms with Crippen molar-refractivity contribution in [2.75, 3.05) is 6.54 Å². The molecular formula is C11H21N3O2. The largest absolute Gasteiger partial charge is 0.368 e.